The van der Waals surface area contributed by atoms with E-state index in [0.29, 0.717) is 18.4 Å². The first-order valence-electron chi connectivity index (χ1n) is 9.06. The van der Waals surface area contributed by atoms with Gasteiger partial charge in [-0.25, -0.2) is 21.9 Å². The molecule has 0 bridgehead atoms. The number of esters is 1. The average Bonchev–Trinajstić information content (AvgIpc) is 3.09. The molecule has 2 aromatic carbocycles. The maximum absolute atomic E-state index is 13.9. The molecule has 0 spiro atoms. The fraction of sp³-hybridized carbons (Fsp3) is 0.350. The fourth-order valence-electron chi connectivity index (χ4n) is 3.44. The zero-order valence-corrected chi connectivity index (χ0v) is 16.1. The van der Waals surface area contributed by atoms with Crippen LogP contribution in [0.15, 0.2) is 47.4 Å². The van der Waals surface area contributed by atoms with E-state index in [4.69, 9.17) is 4.74 Å². The van der Waals surface area contributed by atoms with Gasteiger partial charge in [-0.1, -0.05) is 18.6 Å². The van der Waals surface area contributed by atoms with Gasteiger partial charge in [0.2, 0.25) is 10.0 Å². The van der Waals surface area contributed by atoms with Crippen molar-refractivity contribution in [3.8, 4) is 11.1 Å². The van der Waals surface area contributed by atoms with Gasteiger partial charge in [-0.2, -0.15) is 0 Å². The van der Waals surface area contributed by atoms with Crippen molar-refractivity contribution in [3.63, 3.8) is 0 Å². The highest BCUT2D eigenvalue weighted by Gasteiger charge is 2.36. The largest absolute Gasteiger partial charge is 0.466 e. The number of halogens is 2. The van der Waals surface area contributed by atoms with E-state index in [1.54, 1.807) is 6.92 Å². The van der Waals surface area contributed by atoms with Gasteiger partial charge < -0.3 is 4.74 Å². The Morgan fingerprint density at radius 1 is 1.14 bits per heavy atom. The number of ether oxygens (including phenoxy) is 1. The van der Waals surface area contributed by atoms with Crippen molar-refractivity contribution in [2.75, 3.05) is 6.61 Å². The van der Waals surface area contributed by atoms with Gasteiger partial charge in [-0.05, 0) is 49.6 Å². The fourth-order valence-corrected chi connectivity index (χ4v) is 4.75. The summed E-state index contributed by atoms with van der Waals surface area (Å²) in [4.78, 5) is 12.0. The molecule has 1 saturated carbocycles. The maximum atomic E-state index is 13.9. The molecule has 0 radical (unpaired) electrons. The highest BCUT2D eigenvalue weighted by molar-refractivity contribution is 7.89. The third-order valence-corrected chi connectivity index (χ3v) is 6.32. The van der Waals surface area contributed by atoms with Gasteiger partial charge in [0.25, 0.3) is 0 Å². The lowest BCUT2D eigenvalue weighted by molar-refractivity contribution is -0.148. The van der Waals surface area contributed by atoms with Gasteiger partial charge in [-0.15, -0.1) is 0 Å². The Balaban J connectivity index is 1.78. The van der Waals surface area contributed by atoms with Gasteiger partial charge in [0, 0.05) is 17.7 Å². The molecule has 0 amide bonds. The highest BCUT2D eigenvalue weighted by atomic mass is 32.2. The summed E-state index contributed by atoms with van der Waals surface area (Å²) in [7, 11) is -3.85. The van der Waals surface area contributed by atoms with Gasteiger partial charge in [-0.3, -0.25) is 4.79 Å². The first-order valence-corrected chi connectivity index (χ1v) is 10.5. The van der Waals surface area contributed by atoms with Crippen molar-refractivity contribution in [3.05, 3.63) is 54.1 Å². The zero-order valence-electron chi connectivity index (χ0n) is 15.3. The molecule has 0 unspecified atom stereocenters. The Morgan fingerprint density at radius 2 is 1.86 bits per heavy atom. The molecule has 3 rings (SSSR count). The number of nitrogens with one attached hydrogen (secondary N) is 1. The number of sulfonamides is 1. The van der Waals surface area contributed by atoms with Gasteiger partial charge in [0.05, 0.1) is 17.4 Å². The second-order valence-electron chi connectivity index (χ2n) is 6.67. The molecule has 0 saturated heterocycles. The van der Waals surface area contributed by atoms with Crippen molar-refractivity contribution in [1.82, 2.24) is 4.72 Å². The van der Waals surface area contributed by atoms with Crippen molar-refractivity contribution in [2.45, 2.75) is 37.1 Å². The molecule has 0 heterocycles. The lowest BCUT2D eigenvalue weighted by Gasteiger charge is -2.19. The molecule has 2 atom stereocenters. The summed E-state index contributed by atoms with van der Waals surface area (Å²) in [6, 6.07) is 8.33. The van der Waals surface area contributed by atoms with Crippen LogP contribution in [0.5, 0.6) is 0 Å². The molecule has 8 heteroatoms. The number of benzene rings is 2. The smallest absolute Gasteiger partial charge is 0.310 e. The van der Waals surface area contributed by atoms with E-state index in [1.807, 2.05) is 0 Å². The van der Waals surface area contributed by atoms with Crippen LogP contribution >= 0.6 is 0 Å². The van der Waals surface area contributed by atoms with Crippen LogP contribution in [-0.2, 0) is 19.6 Å². The molecule has 0 aromatic heterocycles. The van der Waals surface area contributed by atoms with Crippen molar-refractivity contribution in [1.29, 1.82) is 0 Å². The van der Waals surface area contributed by atoms with E-state index in [0.717, 1.165) is 18.6 Å². The van der Waals surface area contributed by atoms with Crippen LogP contribution in [0.4, 0.5) is 8.78 Å². The van der Waals surface area contributed by atoms with Crippen LogP contribution in [0.2, 0.25) is 0 Å². The summed E-state index contributed by atoms with van der Waals surface area (Å²) in [6.07, 6.45) is 1.87. The van der Waals surface area contributed by atoms with E-state index in [9.17, 15) is 22.0 Å². The molecule has 1 aliphatic rings. The minimum absolute atomic E-state index is 0.00767. The van der Waals surface area contributed by atoms with Crippen LogP contribution in [0, 0.1) is 17.6 Å². The van der Waals surface area contributed by atoms with Gasteiger partial charge in [0.15, 0.2) is 0 Å². The first-order chi connectivity index (χ1) is 13.3. The predicted molar refractivity (Wildman–Crippen MR) is 99.9 cm³/mol. The van der Waals surface area contributed by atoms with E-state index >= 15 is 0 Å². The maximum Gasteiger partial charge on any atom is 0.310 e. The number of hydrogen-bond donors (Lipinski definition) is 1. The third kappa shape index (κ3) is 4.39. The van der Waals surface area contributed by atoms with Crippen LogP contribution in [0.1, 0.15) is 26.2 Å². The Bertz CT molecular complexity index is 961. The molecule has 1 aliphatic carbocycles. The zero-order chi connectivity index (χ0) is 20.3. The lowest BCUT2D eigenvalue weighted by Crippen LogP contribution is -2.40. The van der Waals surface area contributed by atoms with Crippen LogP contribution < -0.4 is 4.72 Å². The molecule has 1 fully saturated rings. The topological polar surface area (TPSA) is 72.5 Å². The second kappa shape index (κ2) is 8.36. The molecular formula is C20H21F2NO4S. The van der Waals surface area contributed by atoms with Crippen LogP contribution in [-0.4, -0.2) is 27.0 Å². The minimum Gasteiger partial charge on any atom is -0.466 e. The molecular weight excluding hydrogens is 388 g/mol. The number of carbonyl (C=O) groups is 1. The molecule has 150 valence electrons. The summed E-state index contributed by atoms with van der Waals surface area (Å²) in [5.74, 6) is -2.30. The van der Waals surface area contributed by atoms with Crippen LogP contribution in [0.3, 0.4) is 0 Å². The summed E-state index contributed by atoms with van der Waals surface area (Å²) in [6.45, 7) is 1.95. The Morgan fingerprint density at radius 3 is 2.50 bits per heavy atom. The quantitative estimate of drug-likeness (QED) is 0.740. The number of carbonyl (C=O) groups excluding carboxylic acids is 1. The summed E-state index contributed by atoms with van der Waals surface area (Å²) in [5.41, 5.74) is 0.609. The predicted octanol–water partition coefficient (Wildman–Crippen LogP) is 3.64. The molecule has 2 aromatic rings. The third-order valence-electron chi connectivity index (χ3n) is 4.82. The molecule has 1 N–H and O–H groups in total. The number of hydrogen-bond acceptors (Lipinski definition) is 4. The average molecular weight is 409 g/mol. The van der Waals surface area contributed by atoms with Crippen molar-refractivity contribution < 1.29 is 26.7 Å². The Kier molecular flexibility index (Phi) is 6.10. The summed E-state index contributed by atoms with van der Waals surface area (Å²) >= 11 is 0. The normalized spacial score (nSPS) is 19.5. The van der Waals surface area contributed by atoms with Gasteiger partial charge in [0.1, 0.15) is 11.6 Å². The van der Waals surface area contributed by atoms with Crippen LogP contribution in [0.25, 0.3) is 11.1 Å². The van der Waals surface area contributed by atoms with E-state index in [2.05, 4.69) is 4.72 Å². The standard InChI is InChI=1S/C20H21F2NO4S/c1-2-27-20(24)17-4-3-5-19(17)23-28(25,26)15-9-6-13(7-10-15)16-11-8-14(21)12-18(16)22/h6-12,17,19,23H,2-5H2,1H3/t17-,19+/m1/s1. The molecule has 0 aliphatic heterocycles. The van der Waals surface area contributed by atoms with E-state index in [-0.39, 0.29) is 17.1 Å². The minimum atomic E-state index is -3.85. The Hall–Kier alpha value is -2.32. The first kappa shape index (κ1) is 20.4. The van der Waals surface area contributed by atoms with E-state index in [1.165, 1.54) is 30.3 Å². The summed E-state index contributed by atoms with van der Waals surface area (Å²) < 4.78 is 59.9. The van der Waals surface area contributed by atoms with Gasteiger partial charge >= 0.3 is 5.97 Å². The molecule has 5 nitrogen and oxygen atoms in total. The summed E-state index contributed by atoms with van der Waals surface area (Å²) in [5, 5.41) is 0. The lowest BCUT2D eigenvalue weighted by atomic mass is 10.1. The highest BCUT2D eigenvalue weighted by Crippen LogP contribution is 2.29. The Labute approximate surface area is 162 Å². The van der Waals surface area contributed by atoms with E-state index < -0.39 is 39.6 Å². The number of rotatable bonds is 6. The molecule has 28 heavy (non-hydrogen) atoms. The monoisotopic (exact) mass is 409 g/mol. The van der Waals surface area contributed by atoms with Crippen molar-refractivity contribution >= 4 is 16.0 Å². The SMILES string of the molecule is CCOC(=O)[C@@H]1CCC[C@@H]1NS(=O)(=O)c1ccc(-c2ccc(F)cc2F)cc1. The van der Waals surface area contributed by atoms with Crippen molar-refractivity contribution in [2.24, 2.45) is 5.92 Å². The second-order valence-corrected chi connectivity index (χ2v) is 8.38.